The highest BCUT2D eigenvalue weighted by Crippen LogP contribution is 2.55. The highest BCUT2D eigenvalue weighted by molar-refractivity contribution is 6.20. The summed E-state index contributed by atoms with van der Waals surface area (Å²) in [5, 5.41) is 1.06. The third-order valence-corrected chi connectivity index (χ3v) is 8.44. The lowest BCUT2D eigenvalue weighted by atomic mass is 9.67. The zero-order chi connectivity index (χ0) is 28.6. The second kappa shape index (κ2) is 10.3. The number of hydrogen-bond acceptors (Lipinski definition) is 4. The Labute approximate surface area is 239 Å². The molecule has 0 aromatic heterocycles. The van der Waals surface area contributed by atoms with Gasteiger partial charge in [0.1, 0.15) is 5.54 Å². The number of benzene rings is 4. The van der Waals surface area contributed by atoms with E-state index in [1.54, 1.807) is 4.90 Å². The molecule has 0 bridgehead atoms. The molecule has 0 saturated carbocycles. The van der Waals surface area contributed by atoms with Crippen LogP contribution >= 0.6 is 0 Å². The number of carbonyl (C=O) groups is 3. The molecular formula is C34H31N3O4. The van der Waals surface area contributed by atoms with E-state index in [-0.39, 0.29) is 18.9 Å². The number of carbonyl (C=O) groups excluding carboxylic acids is 3. The Bertz CT molecular complexity index is 1470. The molecule has 2 saturated heterocycles. The first kappa shape index (κ1) is 26.5. The van der Waals surface area contributed by atoms with Crippen LogP contribution < -0.4 is 0 Å². The van der Waals surface area contributed by atoms with Gasteiger partial charge in [-0.05, 0) is 22.3 Å². The number of amides is 3. The maximum absolute atomic E-state index is 15.0. The summed E-state index contributed by atoms with van der Waals surface area (Å²) in [4.78, 5) is 51.5. The van der Waals surface area contributed by atoms with E-state index in [4.69, 9.17) is 4.84 Å². The van der Waals surface area contributed by atoms with E-state index in [2.05, 4.69) is 0 Å². The molecule has 4 aromatic rings. The van der Waals surface area contributed by atoms with Crippen LogP contribution in [-0.4, -0.2) is 58.3 Å². The SMILES string of the molecule is CON(C)C(=O)[C@]12C(=O)N(C(c3ccccc3)(c3ccccc3)c3ccccc3)[C@H]1CC(=O)N2Cc1ccccc1. The maximum atomic E-state index is 15.0. The number of likely N-dealkylation sites (tertiary alicyclic amines) is 2. The molecule has 0 spiro atoms. The van der Waals surface area contributed by atoms with Crippen molar-refractivity contribution in [2.75, 3.05) is 14.2 Å². The van der Waals surface area contributed by atoms with Gasteiger partial charge in [-0.1, -0.05) is 121 Å². The van der Waals surface area contributed by atoms with Gasteiger partial charge in [0.2, 0.25) is 11.4 Å². The molecule has 0 radical (unpaired) electrons. The van der Waals surface area contributed by atoms with Crippen molar-refractivity contribution in [3.05, 3.63) is 144 Å². The molecule has 7 nitrogen and oxygen atoms in total. The number of hydroxylamine groups is 2. The largest absolute Gasteiger partial charge is 0.315 e. The summed E-state index contributed by atoms with van der Waals surface area (Å²) < 4.78 is 0. The van der Waals surface area contributed by atoms with Crippen molar-refractivity contribution >= 4 is 17.7 Å². The Kier molecular flexibility index (Phi) is 6.67. The topological polar surface area (TPSA) is 70.2 Å². The molecule has 2 atom stereocenters. The van der Waals surface area contributed by atoms with E-state index in [1.807, 2.05) is 121 Å². The third kappa shape index (κ3) is 3.80. The van der Waals surface area contributed by atoms with Crippen molar-refractivity contribution in [2.24, 2.45) is 0 Å². The summed E-state index contributed by atoms with van der Waals surface area (Å²) in [6.45, 7) is 0.133. The third-order valence-electron chi connectivity index (χ3n) is 8.44. The van der Waals surface area contributed by atoms with E-state index in [0.29, 0.717) is 0 Å². The standard InChI is InChI=1S/C34H31N3O4/c1-35(41-2)31(39)34-29(23-30(38)36(34)24-25-15-7-3-8-16-25)37(32(34)40)33(26-17-9-4-10-18-26,27-19-11-5-12-20-27)28-21-13-6-14-22-28/h3-22,29H,23-24H2,1-2H3/t29-,34-/m0/s1. The van der Waals surface area contributed by atoms with E-state index in [0.717, 1.165) is 27.3 Å². The van der Waals surface area contributed by atoms with Crippen LogP contribution in [0.1, 0.15) is 28.7 Å². The second-order valence-electron chi connectivity index (χ2n) is 10.4. The Morgan fingerprint density at radius 3 is 1.68 bits per heavy atom. The van der Waals surface area contributed by atoms with Gasteiger partial charge in [-0.25, -0.2) is 5.06 Å². The van der Waals surface area contributed by atoms with Crippen LogP contribution in [0.2, 0.25) is 0 Å². The molecule has 7 heteroatoms. The van der Waals surface area contributed by atoms with Crippen LogP contribution in [0.15, 0.2) is 121 Å². The average Bonchev–Trinajstić information content (AvgIpc) is 3.28. The molecule has 2 aliphatic heterocycles. The molecule has 2 fully saturated rings. The zero-order valence-electron chi connectivity index (χ0n) is 23.0. The Balaban J connectivity index is 1.59. The quantitative estimate of drug-likeness (QED) is 0.143. The Hall–Kier alpha value is -4.75. The minimum Gasteiger partial charge on any atom is -0.315 e. The lowest BCUT2D eigenvalue weighted by Gasteiger charge is -2.61. The van der Waals surface area contributed by atoms with Gasteiger partial charge >= 0.3 is 0 Å². The molecule has 2 heterocycles. The van der Waals surface area contributed by atoms with Crippen LogP contribution in [0, 0.1) is 0 Å². The molecule has 0 aliphatic carbocycles. The molecule has 0 N–H and O–H groups in total. The summed E-state index contributed by atoms with van der Waals surface area (Å²) >= 11 is 0. The highest BCUT2D eigenvalue weighted by Gasteiger charge is 2.78. The van der Waals surface area contributed by atoms with E-state index in [9.17, 15) is 14.4 Å². The molecule has 206 valence electrons. The van der Waals surface area contributed by atoms with Crippen LogP contribution in [0.25, 0.3) is 0 Å². The molecule has 4 aromatic carbocycles. The van der Waals surface area contributed by atoms with Crippen molar-refractivity contribution in [1.82, 2.24) is 14.9 Å². The molecular weight excluding hydrogens is 514 g/mol. The predicted octanol–water partition coefficient (Wildman–Crippen LogP) is 4.38. The van der Waals surface area contributed by atoms with Gasteiger partial charge in [0.05, 0.1) is 19.6 Å². The fraction of sp³-hybridized carbons (Fsp3) is 0.206. The van der Waals surface area contributed by atoms with E-state index < -0.39 is 28.9 Å². The van der Waals surface area contributed by atoms with Crippen molar-refractivity contribution in [3.63, 3.8) is 0 Å². The first-order valence-corrected chi connectivity index (χ1v) is 13.6. The first-order valence-electron chi connectivity index (χ1n) is 13.6. The van der Waals surface area contributed by atoms with Crippen molar-refractivity contribution in [2.45, 2.75) is 30.1 Å². The summed E-state index contributed by atoms with van der Waals surface area (Å²) in [6, 6.07) is 38.1. The van der Waals surface area contributed by atoms with Gasteiger partial charge in [0.15, 0.2) is 0 Å². The molecule has 41 heavy (non-hydrogen) atoms. The number of likely N-dealkylation sites (N-methyl/N-ethyl adjacent to an activating group) is 1. The van der Waals surface area contributed by atoms with E-state index >= 15 is 0 Å². The molecule has 3 amide bonds. The summed E-state index contributed by atoms with van der Waals surface area (Å²) in [5.74, 6) is -1.25. The molecule has 0 unspecified atom stereocenters. The van der Waals surface area contributed by atoms with Gasteiger partial charge in [0, 0.05) is 13.6 Å². The second-order valence-corrected chi connectivity index (χ2v) is 10.4. The van der Waals surface area contributed by atoms with Gasteiger partial charge in [-0.15, -0.1) is 0 Å². The maximum Gasteiger partial charge on any atom is 0.283 e. The number of nitrogens with zero attached hydrogens (tertiary/aromatic N) is 3. The fourth-order valence-corrected chi connectivity index (χ4v) is 6.59. The minimum atomic E-state index is -1.73. The van der Waals surface area contributed by atoms with Crippen molar-refractivity contribution < 1.29 is 19.2 Å². The van der Waals surface area contributed by atoms with Crippen LogP contribution in [-0.2, 0) is 31.3 Å². The number of hydrogen-bond donors (Lipinski definition) is 0. The lowest BCUT2D eigenvalue weighted by Crippen LogP contribution is -2.84. The zero-order valence-corrected chi connectivity index (χ0v) is 23.0. The van der Waals surface area contributed by atoms with Gasteiger partial charge in [-0.3, -0.25) is 19.2 Å². The van der Waals surface area contributed by atoms with Crippen molar-refractivity contribution in [3.8, 4) is 0 Å². The van der Waals surface area contributed by atoms with Gasteiger partial charge < -0.3 is 9.80 Å². The molecule has 2 aliphatic rings. The summed E-state index contributed by atoms with van der Waals surface area (Å²) in [7, 11) is 2.86. The average molecular weight is 546 g/mol. The van der Waals surface area contributed by atoms with Gasteiger partial charge in [0.25, 0.3) is 11.8 Å². The predicted molar refractivity (Wildman–Crippen MR) is 154 cm³/mol. The number of rotatable bonds is 8. The van der Waals surface area contributed by atoms with E-state index in [1.165, 1.54) is 19.1 Å². The number of fused-ring (bicyclic) bond motifs is 1. The van der Waals surface area contributed by atoms with Crippen LogP contribution in [0.5, 0.6) is 0 Å². The summed E-state index contributed by atoms with van der Waals surface area (Å²) in [5.41, 5.74) is 0.591. The smallest absolute Gasteiger partial charge is 0.283 e. The fourth-order valence-electron chi connectivity index (χ4n) is 6.59. The highest BCUT2D eigenvalue weighted by atomic mass is 16.7. The minimum absolute atomic E-state index is 0.0100. The van der Waals surface area contributed by atoms with Gasteiger partial charge in [-0.2, -0.15) is 0 Å². The van der Waals surface area contributed by atoms with Crippen LogP contribution in [0.4, 0.5) is 0 Å². The monoisotopic (exact) mass is 545 g/mol. The Morgan fingerprint density at radius 2 is 1.24 bits per heavy atom. The van der Waals surface area contributed by atoms with Crippen LogP contribution in [0.3, 0.4) is 0 Å². The first-order chi connectivity index (χ1) is 20.0. The van der Waals surface area contributed by atoms with Crippen molar-refractivity contribution in [1.29, 1.82) is 0 Å². The molecule has 6 rings (SSSR count). The lowest BCUT2D eigenvalue weighted by molar-refractivity contribution is -0.206. The number of β-lactam (4-membered cyclic amide) rings is 1. The normalized spacial score (nSPS) is 20.0. The Morgan fingerprint density at radius 1 is 0.805 bits per heavy atom. The summed E-state index contributed by atoms with van der Waals surface area (Å²) in [6.07, 6.45) is 0.0100.